The maximum atomic E-state index is 2.62. The van der Waals surface area contributed by atoms with Gasteiger partial charge in [0.2, 0.25) is 0 Å². The van der Waals surface area contributed by atoms with E-state index in [4.69, 9.17) is 0 Å². The molecule has 0 aromatic rings. The van der Waals surface area contributed by atoms with Crippen molar-refractivity contribution in [1.29, 1.82) is 0 Å². The fourth-order valence-electron chi connectivity index (χ4n) is 1.05. The van der Waals surface area contributed by atoms with Gasteiger partial charge in [0, 0.05) is 0 Å². The van der Waals surface area contributed by atoms with Crippen LogP contribution in [0.2, 0.25) is 0 Å². The van der Waals surface area contributed by atoms with Gasteiger partial charge in [-0.2, -0.15) is 0 Å². The fraction of sp³-hybridized carbons (Fsp3) is 0.500. The summed E-state index contributed by atoms with van der Waals surface area (Å²) in [6, 6.07) is 0. The van der Waals surface area contributed by atoms with Crippen LogP contribution in [0.25, 0.3) is 0 Å². The molecule has 0 spiro atoms. The molecule has 0 aromatic carbocycles. The van der Waals surface area contributed by atoms with Gasteiger partial charge < -0.3 is 0 Å². The van der Waals surface area contributed by atoms with Gasteiger partial charge in [-0.05, 0) is 50.6 Å². The minimum atomic E-state index is -0.482. The number of rotatable bonds is 2. The molecule has 1 aliphatic heterocycles. The third-order valence-electron chi connectivity index (χ3n) is 1.66. The largest absolute Gasteiger partial charge is 0.144 e. The van der Waals surface area contributed by atoms with E-state index in [0.29, 0.717) is 0 Å². The van der Waals surface area contributed by atoms with Crippen LogP contribution in [0.4, 0.5) is 0 Å². The summed E-state index contributed by atoms with van der Waals surface area (Å²) in [4.78, 5) is 1.58. The molecular formula is C8H13IS. The number of halogens is 1. The summed E-state index contributed by atoms with van der Waals surface area (Å²) in [5, 5.41) is 2.38. The van der Waals surface area contributed by atoms with Crippen molar-refractivity contribution in [2.45, 2.75) is 20.3 Å². The Labute approximate surface area is 76.7 Å². The Balaban J connectivity index is 2.69. The van der Waals surface area contributed by atoms with E-state index in [1.165, 1.54) is 12.2 Å². The Hall–Kier alpha value is 0.560. The zero-order chi connectivity index (χ0) is 7.61. The monoisotopic (exact) mass is 268 g/mol. The van der Waals surface area contributed by atoms with Gasteiger partial charge in [0.1, 0.15) is 0 Å². The lowest BCUT2D eigenvalue weighted by atomic mass is 10.5. The molecule has 0 saturated heterocycles. The van der Waals surface area contributed by atoms with E-state index < -0.39 is 7.20 Å². The van der Waals surface area contributed by atoms with E-state index in [2.05, 4.69) is 52.6 Å². The second kappa shape index (κ2) is 3.30. The number of hydrogen-bond acceptors (Lipinski definition) is 0. The minimum absolute atomic E-state index is 0.482. The highest BCUT2D eigenvalue weighted by Gasteiger charge is 2.20. The molecule has 0 radical (unpaired) electrons. The smallest absolute Gasteiger partial charge is 0.00731 e. The second-order valence-electron chi connectivity index (χ2n) is 2.51. The van der Waals surface area contributed by atoms with Crippen molar-refractivity contribution < 1.29 is 0 Å². The van der Waals surface area contributed by atoms with Gasteiger partial charge in [-0.25, -0.2) is 0 Å². The highest BCUT2D eigenvalue weighted by Crippen LogP contribution is 2.66. The molecular weight excluding hydrogens is 255 g/mol. The summed E-state index contributed by atoms with van der Waals surface area (Å²) >= 11 is 2.62. The topological polar surface area (TPSA) is 0 Å². The second-order valence-corrected chi connectivity index (χ2v) is 9.96. The summed E-state index contributed by atoms with van der Waals surface area (Å²) in [5.74, 6) is 1.35. The number of allylic oxidation sites excluding steroid dienone is 3. The van der Waals surface area contributed by atoms with E-state index in [9.17, 15) is 0 Å². The predicted molar refractivity (Wildman–Crippen MR) is 59.7 cm³/mol. The van der Waals surface area contributed by atoms with E-state index in [0.717, 1.165) is 0 Å². The van der Waals surface area contributed by atoms with Crippen molar-refractivity contribution in [3.05, 3.63) is 22.5 Å². The summed E-state index contributed by atoms with van der Waals surface area (Å²) < 4.78 is 0. The molecule has 0 N–H and O–H groups in total. The van der Waals surface area contributed by atoms with Crippen LogP contribution in [-0.2, 0) is 0 Å². The summed E-state index contributed by atoms with van der Waals surface area (Å²) in [7, 11) is -0.482. The van der Waals surface area contributed by atoms with Crippen molar-refractivity contribution in [2.75, 3.05) is 5.75 Å². The number of hydrogen-bond donors (Lipinski definition) is 0. The van der Waals surface area contributed by atoms with E-state index in [-0.39, 0.29) is 0 Å². The molecule has 1 rings (SSSR count). The van der Waals surface area contributed by atoms with Crippen LogP contribution in [0.5, 0.6) is 0 Å². The average Bonchev–Trinajstić information content (AvgIpc) is 2.15. The van der Waals surface area contributed by atoms with Gasteiger partial charge >= 0.3 is 0 Å². The molecule has 1 unspecified atom stereocenters. The molecule has 10 heavy (non-hydrogen) atoms. The first-order valence-electron chi connectivity index (χ1n) is 3.55. The molecule has 0 saturated carbocycles. The third-order valence-corrected chi connectivity index (χ3v) is 8.75. The van der Waals surface area contributed by atoms with E-state index in [1.807, 2.05) is 0 Å². The van der Waals surface area contributed by atoms with Gasteiger partial charge in [0.15, 0.2) is 0 Å². The Morgan fingerprint density at radius 1 is 1.60 bits per heavy atom. The first-order valence-corrected chi connectivity index (χ1v) is 7.95. The maximum Gasteiger partial charge on any atom is -0.00731 e. The van der Waals surface area contributed by atoms with Crippen molar-refractivity contribution in [3.8, 4) is 0 Å². The SMILES string of the molecule is CCCS1(I)C=CC=C1C. The lowest BCUT2D eigenvalue weighted by molar-refractivity contribution is 1.10. The van der Waals surface area contributed by atoms with Gasteiger partial charge in [-0.15, -0.1) is 7.20 Å². The maximum absolute atomic E-state index is 2.62. The van der Waals surface area contributed by atoms with E-state index in [1.54, 1.807) is 4.91 Å². The molecule has 1 atom stereocenters. The van der Waals surface area contributed by atoms with Crippen LogP contribution >= 0.6 is 28.4 Å². The summed E-state index contributed by atoms with van der Waals surface area (Å²) in [6.45, 7) is 4.50. The molecule has 0 fully saturated rings. The predicted octanol–water partition coefficient (Wildman–Crippen LogP) is 3.98. The molecule has 1 aliphatic rings. The van der Waals surface area contributed by atoms with Gasteiger partial charge in [0.05, 0.1) is 0 Å². The van der Waals surface area contributed by atoms with Crippen molar-refractivity contribution in [2.24, 2.45) is 0 Å². The van der Waals surface area contributed by atoms with Gasteiger partial charge in [-0.3, -0.25) is 0 Å². The highest BCUT2D eigenvalue weighted by atomic mass is 127. The van der Waals surface area contributed by atoms with Crippen molar-refractivity contribution >= 4 is 28.4 Å². The highest BCUT2D eigenvalue weighted by molar-refractivity contribution is 14.2. The Morgan fingerprint density at radius 3 is 2.70 bits per heavy atom. The Kier molecular flexibility index (Phi) is 2.86. The van der Waals surface area contributed by atoms with Crippen LogP contribution in [0, 0.1) is 0 Å². The Bertz CT molecular complexity index is 184. The van der Waals surface area contributed by atoms with Crippen LogP contribution in [-0.4, -0.2) is 5.75 Å². The average molecular weight is 268 g/mol. The van der Waals surface area contributed by atoms with Gasteiger partial charge in [-0.1, -0.05) is 19.1 Å². The molecule has 1 heterocycles. The first-order chi connectivity index (χ1) is 4.69. The van der Waals surface area contributed by atoms with Crippen LogP contribution in [0.3, 0.4) is 0 Å². The molecule has 0 amide bonds. The molecule has 2 heteroatoms. The van der Waals surface area contributed by atoms with E-state index >= 15 is 0 Å². The quantitative estimate of drug-likeness (QED) is 0.664. The summed E-state index contributed by atoms with van der Waals surface area (Å²) in [6.07, 6.45) is 5.75. The first kappa shape index (κ1) is 8.65. The third kappa shape index (κ3) is 1.59. The lowest BCUT2D eigenvalue weighted by Gasteiger charge is -2.27. The zero-order valence-electron chi connectivity index (χ0n) is 6.43. The zero-order valence-corrected chi connectivity index (χ0v) is 9.41. The van der Waals surface area contributed by atoms with Crippen LogP contribution < -0.4 is 0 Å². The standard InChI is InChI=1S/C8H13IS/c1-3-6-10(9)7-4-5-8(10)2/h4-5,7H,3,6H2,1-2H3. The molecule has 0 aliphatic carbocycles. The molecule has 0 aromatic heterocycles. The normalized spacial score (nSPS) is 37.3. The molecule has 0 nitrogen and oxygen atoms in total. The minimum Gasteiger partial charge on any atom is -0.144 e. The van der Waals surface area contributed by atoms with Gasteiger partial charge in [0.25, 0.3) is 0 Å². The van der Waals surface area contributed by atoms with Crippen LogP contribution in [0.1, 0.15) is 20.3 Å². The molecule has 58 valence electrons. The van der Waals surface area contributed by atoms with Crippen molar-refractivity contribution in [3.63, 3.8) is 0 Å². The van der Waals surface area contributed by atoms with Crippen molar-refractivity contribution in [1.82, 2.24) is 0 Å². The molecule has 0 bridgehead atoms. The Morgan fingerprint density at radius 2 is 2.30 bits per heavy atom. The lowest BCUT2D eigenvalue weighted by Crippen LogP contribution is -1.90. The van der Waals surface area contributed by atoms with Crippen LogP contribution in [0.15, 0.2) is 22.5 Å². The fourth-order valence-corrected chi connectivity index (χ4v) is 5.22. The summed E-state index contributed by atoms with van der Waals surface area (Å²) in [5.41, 5.74) is 0.